The predicted octanol–water partition coefficient (Wildman–Crippen LogP) is 3.45. The average Bonchev–Trinajstić information content (AvgIpc) is 3.39. The Kier molecular flexibility index (Phi) is 4.60. The van der Waals surface area contributed by atoms with Gasteiger partial charge in [-0.1, -0.05) is 6.92 Å². The first-order valence-electron chi connectivity index (χ1n) is 8.54. The second-order valence-electron chi connectivity index (χ2n) is 6.48. The highest BCUT2D eigenvalue weighted by Crippen LogP contribution is 2.41. The van der Waals surface area contributed by atoms with E-state index in [4.69, 9.17) is 4.74 Å². The lowest BCUT2D eigenvalue weighted by Crippen LogP contribution is -2.17. The van der Waals surface area contributed by atoms with E-state index in [1.54, 1.807) is 7.11 Å². The molecule has 0 bridgehead atoms. The zero-order chi connectivity index (χ0) is 17.3. The first kappa shape index (κ1) is 16.6. The van der Waals surface area contributed by atoms with Gasteiger partial charge in [0.25, 0.3) is 5.56 Å². The molecule has 0 aliphatic heterocycles. The number of aromatic amines is 1. The number of rotatable bonds is 6. The van der Waals surface area contributed by atoms with Crippen LogP contribution in [0.5, 0.6) is 5.88 Å². The molecule has 1 fully saturated rings. The van der Waals surface area contributed by atoms with Crippen LogP contribution in [-0.4, -0.2) is 17.1 Å². The van der Waals surface area contributed by atoms with Crippen molar-refractivity contribution in [1.82, 2.24) is 9.97 Å². The third-order valence-corrected chi connectivity index (χ3v) is 4.70. The van der Waals surface area contributed by atoms with Crippen LogP contribution in [0.1, 0.15) is 53.8 Å². The largest absolute Gasteiger partial charge is 0.481 e. The molecule has 1 aliphatic carbocycles. The van der Waals surface area contributed by atoms with E-state index in [-0.39, 0.29) is 5.56 Å². The van der Waals surface area contributed by atoms with E-state index in [1.807, 2.05) is 19.9 Å². The van der Waals surface area contributed by atoms with Crippen LogP contribution in [0.2, 0.25) is 0 Å². The van der Waals surface area contributed by atoms with Crippen molar-refractivity contribution in [2.75, 3.05) is 12.4 Å². The Balaban J connectivity index is 1.86. The molecule has 2 aromatic heterocycles. The maximum Gasteiger partial charge on any atom is 0.271 e. The van der Waals surface area contributed by atoms with Crippen LogP contribution >= 0.6 is 0 Å². The number of ether oxygens (including phenoxy) is 1. The number of hydrogen-bond donors (Lipinski definition) is 2. The Morgan fingerprint density at radius 3 is 2.67 bits per heavy atom. The Morgan fingerprint density at radius 1 is 1.29 bits per heavy atom. The summed E-state index contributed by atoms with van der Waals surface area (Å²) in [5.74, 6) is 1.22. The van der Waals surface area contributed by atoms with E-state index in [0.717, 1.165) is 23.4 Å². The van der Waals surface area contributed by atoms with Gasteiger partial charge in [-0.15, -0.1) is 0 Å². The standard InChI is InChI=1S/C19H25N3O2/c1-5-13-8-15(19(24-4)22-11(13)2)10-20-17-9-16(14-6-7-14)12(3)21-18(17)23/h8-9,14,20H,5-7,10H2,1-4H3,(H,21,23). The van der Waals surface area contributed by atoms with Crippen LogP contribution in [0.3, 0.4) is 0 Å². The first-order valence-corrected chi connectivity index (χ1v) is 8.54. The van der Waals surface area contributed by atoms with E-state index in [9.17, 15) is 4.79 Å². The molecule has 1 saturated carbocycles. The molecule has 24 heavy (non-hydrogen) atoms. The Morgan fingerprint density at radius 2 is 2.04 bits per heavy atom. The Hall–Kier alpha value is -2.30. The fourth-order valence-electron chi connectivity index (χ4n) is 3.11. The molecule has 0 saturated heterocycles. The van der Waals surface area contributed by atoms with Crippen LogP contribution in [-0.2, 0) is 13.0 Å². The van der Waals surface area contributed by atoms with E-state index < -0.39 is 0 Å². The zero-order valence-corrected chi connectivity index (χ0v) is 14.8. The molecule has 0 atom stereocenters. The number of aromatic nitrogens is 2. The number of pyridine rings is 2. The normalized spacial score (nSPS) is 13.8. The van der Waals surface area contributed by atoms with Gasteiger partial charge in [-0.25, -0.2) is 4.98 Å². The summed E-state index contributed by atoms with van der Waals surface area (Å²) in [4.78, 5) is 19.7. The van der Waals surface area contributed by atoms with Gasteiger partial charge in [-0.3, -0.25) is 4.79 Å². The third kappa shape index (κ3) is 3.30. The predicted molar refractivity (Wildman–Crippen MR) is 96.0 cm³/mol. The van der Waals surface area contributed by atoms with Crippen molar-refractivity contribution in [3.05, 3.63) is 50.6 Å². The second kappa shape index (κ2) is 6.67. The number of H-pyrrole nitrogens is 1. The fraction of sp³-hybridized carbons (Fsp3) is 0.474. The molecular weight excluding hydrogens is 302 g/mol. The van der Waals surface area contributed by atoms with Gasteiger partial charge < -0.3 is 15.0 Å². The zero-order valence-electron chi connectivity index (χ0n) is 14.8. The number of nitrogens with one attached hydrogen (secondary N) is 2. The summed E-state index contributed by atoms with van der Waals surface area (Å²) in [6, 6.07) is 4.11. The van der Waals surface area contributed by atoms with E-state index in [0.29, 0.717) is 24.0 Å². The van der Waals surface area contributed by atoms with Gasteiger partial charge in [0.1, 0.15) is 5.69 Å². The molecule has 0 spiro atoms. The fourth-order valence-corrected chi connectivity index (χ4v) is 3.11. The van der Waals surface area contributed by atoms with Crippen molar-refractivity contribution in [3.63, 3.8) is 0 Å². The van der Waals surface area contributed by atoms with Crippen LogP contribution < -0.4 is 15.6 Å². The molecule has 2 aromatic rings. The summed E-state index contributed by atoms with van der Waals surface area (Å²) >= 11 is 0. The third-order valence-electron chi connectivity index (χ3n) is 4.70. The molecule has 0 unspecified atom stereocenters. The molecule has 2 heterocycles. The molecule has 0 radical (unpaired) electrons. The van der Waals surface area contributed by atoms with Gasteiger partial charge in [-0.2, -0.15) is 0 Å². The lowest BCUT2D eigenvalue weighted by Gasteiger charge is -2.14. The lowest BCUT2D eigenvalue weighted by molar-refractivity contribution is 0.391. The smallest absolute Gasteiger partial charge is 0.271 e. The number of methoxy groups -OCH3 is 1. The monoisotopic (exact) mass is 327 g/mol. The maximum absolute atomic E-state index is 12.2. The molecule has 3 rings (SSSR count). The number of aryl methyl sites for hydroxylation is 3. The Bertz CT molecular complexity index is 807. The summed E-state index contributed by atoms with van der Waals surface area (Å²) in [5, 5.41) is 3.26. The average molecular weight is 327 g/mol. The van der Waals surface area contributed by atoms with E-state index in [1.165, 1.54) is 24.0 Å². The molecule has 128 valence electrons. The molecule has 5 heteroatoms. The molecule has 1 aliphatic rings. The van der Waals surface area contributed by atoms with Crippen molar-refractivity contribution >= 4 is 5.69 Å². The van der Waals surface area contributed by atoms with Crippen molar-refractivity contribution < 1.29 is 4.74 Å². The summed E-state index contributed by atoms with van der Waals surface area (Å²) in [6.45, 7) is 6.59. The van der Waals surface area contributed by atoms with Gasteiger partial charge >= 0.3 is 0 Å². The number of nitrogens with zero attached hydrogens (tertiary/aromatic N) is 1. The van der Waals surface area contributed by atoms with E-state index >= 15 is 0 Å². The number of anilines is 1. The van der Waals surface area contributed by atoms with Crippen molar-refractivity contribution in [2.24, 2.45) is 0 Å². The van der Waals surface area contributed by atoms with Gasteiger partial charge in [0.15, 0.2) is 0 Å². The van der Waals surface area contributed by atoms with Crippen molar-refractivity contribution in [1.29, 1.82) is 0 Å². The van der Waals surface area contributed by atoms with Gasteiger partial charge in [0, 0.05) is 23.5 Å². The summed E-state index contributed by atoms with van der Waals surface area (Å²) in [5.41, 5.74) is 5.92. The highest BCUT2D eigenvalue weighted by atomic mass is 16.5. The minimum atomic E-state index is -0.0772. The highest BCUT2D eigenvalue weighted by Gasteiger charge is 2.26. The van der Waals surface area contributed by atoms with Gasteiger partial charge in [-0.05, 0) is 62.3 Å². The van der Waals surface area contributed by atoms with Crippen LogP contribution in [0.25, 0.3) is 0 Å². The Labute approximate surface area is 142 Å². The first-order chi connectivity index (χ1) is 11.5. The molecular formula is C19H25N3O2. The minimum Gasteiger partial charge on any atom is -0.481 e. The van der Waals surface area contributed by atoms with Crippen molar-refractivity contribution in [2.45, 2.75) is 52.5 Å². The number of hydrogen-bond acceptors (Lipinski definition) is 4. The summed E-state index contributed by atoms with van der Waals surface area (Å²) in [7, 11) is 1.63. The molecule has 0 amide bonds. The topological polar surface area (TPSA) is 67.0 Å². The second-order valence-corrected chi connectivity index (χ2v) is 6.48. The highest BCUT2D eigenvalue weighted by molar-refractivity contribution is 5.48. The van der Waals surface area contributed by atoms with Crippen LogP contribution in [0.4, 0.5) is 5.69 Å². The van der Waals surface area contributed by atoms with E-state index in [2.05, 4.69) is 28.3 Å². The molecule has 2 N–H and O–H groups in total. The molecule has 5 nitrogen and oxygen atoms in total. The maximum atomic E-state index is 12.2. The quantitative estimate of drug-likeness (QED) is 0.853. The summed E-state index contributed by atoms with van der Waals surface area (Å²) in [6.07, 6.45) is 3.34. The minimum absolute atomic E-state index is 0.0772. The SMILES string of the molecule is CCc1cc(CNc2cc(C3CC3)c(C)[nH]c2=O)c(OC)nc1C. The van der Waals surface area contributed by atoms with Gasteiger partial charge in [0.2, 0.25) is 5.88 Å². The van der Waals surface area contributed by atoms with Crippen LogP contribution in [0.15, 0.2) is 16.9 Å². The lowest BCUT2D eigenvalue weighted by atomic mass is 10.1. The van der Waals surface area contributed by atoms with Crippen LogP contribution in [0, 0.1) is 13.8 Å². The van der Waals surface area contributed by atoms with Crippen molar-refractivity contribution in [3.8, 4) is 5.88 Å². The summed E-state index contributed by atoms with van der Waals surface area (Å²) < 4.78 is 5.40. The molecule has 0 aromatic carbocycles. The van der Waals surface area contributed by atoms with Gasteiger partial charge in [0.05, 0.1) is 7.11 Å².